The van der Waals surface area contributed by atoms with Crippen molar-refractivity contribution in [1.82, 2.24) is 10.6 Å². The minimum atomic E-state index is -0.722. The van der Waals surface area contributed by atoms with Crippen molar-refractivity contribution in [2.45, 2.75) is 13.0 Å². The van der Waals surface area contributed by atoms with Gasteiger partial charge in [-0.2, -0.15) is 0 Å². The van der Waals surface area contributed by atoms with E-state index in [0.717, 1.165) is 5.56 Å². The third-order valence-corrected chi connectivity index (χ3v) is 3.13. The Labute approximate surface area is 144 Å². The van der Waals surface area contributed by atoms with E-state index in [9.17, 15) is 14.4 Å². The zero-order valence-corrected chi connectivity index (χ0v) is 13.6. The Morgan fingerprint density at radius 3 is 2.52 bits per heavy atom. The fourth-order valence-electron chi connectivity index (χ4n) is 1.89. The number of urea groups is 1. The molecule has 2 aromatic rings. The molecule has 2 rings (SSSR count). The van der Waals surface area contributed by atoms with Crippen LogP contribution in [-0.4, -0.2) is 31.6 Å². The van der Waals surface area contributed by atoms with Crippen molar-refractivity contribution >= 4 is 17.9 Å². The summed E-state index contributed by atoms with van der Waals surface area (Å²) >= 11 is 0. The Hall–Kier alpha value is -3.29. The largest absolute Gasteiger partial charge is 0.497 e. The molecule has 25 heavy (non-hydrogen) atoms. The van der Waals surface area contributed by atoms with Crippen molar-refractivity contribution in [2.75, 3.05) is 13.7 Å². The van der Waals surface area contributed by atoms with Crippen molar-refractivity contribution in [1.29, 1.82) is 0 Å². The predicted molar refractivity (Wildman–Crippen MR) is 86.7 cm³/mol. The van der Waals surface area contributed by atoms with E-state index in [4.69, 9.17) is 13.9 Å². The van der Waals surface area contributed by atoms with Crippen LogP contribution in [-0.2, 0) is 27.3 Å². The number of carbonyl (C=O) groups excluding carboxylic acids is 3. The van der Waals surface area contributed by atoms with E-state index < -0.39 is 24.5 Å². The molecule has 0 radical (unpaired) electrons. The minimum absolute atomic E-state index is 0.0158. The van der Waals surface area contributed by atoms with E-state index >= 15 is 0 Å². The Kier molecular flexibility index (Phi) is 6.58. The average molecular weight is 346 g/mol. The number of ether oxygens (including phenoxy) is 2. The molecule has 8 nitrogen and oxygen atoms in total. The van der Waals surface area contributed by atoms with E-state index in [2.05, 4.69) is 10.6 Å². The van der Waals surface area contributed by atoms with Crippen LogP contribution < -0.4 is 15.4 Å². The van der Waals surface area contributed by atoms with Gasteiger partial charge in [0.25, 0.3) is 5.91 Å². The van der Waals surface area contributed by atoms with Crippen LogP contribution in [0.25, 0.3) is 0 Å². The fraction of sp³-hybridized carbons (Fsp3) is 0.235. The van der Waals surface area contributed by atoms with Crippen molar-refractivity contribution in [2.24, 2.45) is 0 Å². The first-order chi connectivity index (χ1) is 12.1. The molecule has 0 atom stereocenters. The second-order valence-corrected chi connectivity index (χ2v) is 5.00. The molecule has 132 valence electrons. The Morgan fingerprint density at radius 1 is 1.12 bits per heavy atom. The van der Waals surface area contributed by atoms with Crippen LogP contribution in [0.1, 0.15) is 11.3 Å². The van der Waals surface area contributed by atoms with Crippen LogP contribution in [0.4, 0.5) is 4.79 Å². The zero-order chi connectivity index (χ0) is 18.1. The zero-order valence-electron chi connectivity index (χ0n) is 13.6. The minimum Gasteiger partial charge on any atom is -0.497 e. The monoisotopic (exact) mass is 346 g/mol. The standard InChI is InChI=1S/C17H18N2O6/c1-23-13-6-4-12(5-7-13)9-16(21)25-11-15(20)19-17(22)18-10-14-3-2-8-24-14/h2-8H,9-11H2,1H3,(H2,18,19,20,22). The number of esters is 1. The summed E-state index contributed by atoms with van der Waals surface area (Å²) in [4.78, 5) is 34.8. The van der Waals surface area contributed by atoms with Crippen molar-refractivity contribution in [3.8, 4) is 5.75 Å². The van der Waals surface area contributed by atoms with Gasteiger partial charge in [-0.25, -0.2) is 4.79 Å². The number of rotatable bonds is 7. The molecule has 1 aromatic carbocycles. The first-order valence-corrected chi connectivity index (χ1v) is 7.45. The summed E-state index contributed by atoms with van der Waals surface area (Å²) in [6, 6.07) is 9.56. The van der Waals surface area contributed by atoms with Crippen LogP contribution in [0, 0.1) is 0 Å². The fourth-order valence-corrected chi connectivity index (χ4v) is 1.89. The number of benzene rings is 1. The summed E-state index contributed by atoms with van der Waals surface area (Å²) in [7, 11) is 1.55. The number of nitrogens with one attached hydrogen (secondary N) is 2. The van der Waals surface area contributed by atoms with Gasteiger partial charge in [0.05, 0.1) is 26.3 Å². The highest BCUT2D eigenvalue weighted by Crippen LogP contribution is 2.11. The maximum Gasteiger partial charge on any atom is 0.321 e. The third-order valence-electron chi connectivity index (χ3n) is 3.13. The van der Waals surface area contributed by atoms with E-state index in [1.54, 1.807) is 43.5 Å². The van der Waals surface area contributed by atoms with Crippen LogP contribution in [0.15, 0.2) is 47.1 Å². The van der Waals surface area contributed by atoms with Gasteiger partial charge < -0.3 is 19.2 Å². The lowest BCUT2D eigenvalue weighted by Gasteiger charge is -2.07. The smallest absolute Gasteiger partial charge is 0.321 e. The van der Waals surface area contributed by atoms with Gasteiger partial charge in [0, 0.05) is 0 Å². The Balaban J connectivity index is 1.66. The Morgan fingerprint density at radius 2 is 1.88 bits per heavy atom. The predicted octanol–water partition coefficient (Wildman–Crippen LogP) is 1.40. The molecular formula is C17H18N2O6. The second kappa shape index (κ2) is 9.11. The molecule has 1 aromatic heterocycles. The van der Waals surface area contributed by atoms with Crippen LogP contribution in [0.2, 0.25) is 0 Å². The van der Waals surface area contributed by atoms with Crippen molar-refractivity contribution in [3.63, 3.8) is 0 Å². The molecular weight excluding hydrogens is 328 g/mol. The van der Waals surface area contributed by atoms with Gasteiger partial charge in [0.1, 0.15) is 11.5 Å². The van der Waals surface area contributed by atoms with Crippen molar-refractivity contribution < 1.29 is 28.3 Å². The number of imide groups is 1. The van der Waals surface area contributed by atoms with Crippen molar-refractivity contribution in [3.05, 3.63) is 54.0 Å². The number of carbonyl (C=O) groups is 3. The molecule has 0 aliphatic rings. The molecule has 0 bridgehead atoms. The summed E-state index contributed by atoms with van der Waals surface area (Å²) in [5, 5.41) is 4.49. The van der Waals surface area contributed by atoms with Gasteiger partial charge in [-0.15, -0.1) is 0 Å². The molecule has 0 saturated carbocycles. The van der Waals surface area contributed by atoms with Gasteiger partial charge in [0.2, 0.25) is 0 Å². The number of hydrogen-bond donors (Lipinski definition) is 2. The lowest BCUT2D eigenvalue weighted by Crippen LogP contribution is -2.41. The van der Waals surface area contributed by atoms with E-state index in [-0.39, 0.29) is 13.0 Å². The first kappa shape index (κ1) is 18.1. The highest BCUT2D eigenvalue weighted by Gasteiger charge is 2.11. The van der Waals surface area contributed by atoms with Crippen LogP contribution in [0.5, 0.6) is 5.75 Å². The number of hydrogen-bond acceptors (Lipinski definition) is 6. The summed E-state index contributed by atoms with van der Waals surface area (Å²) in [5.41, 5.74) is 0.724. The molecule has 1 heterocycles. The maximum atomic E-state index is 11.7. The van der Waals surface area contributed by atoms with Gasteiger partial charge in [-0.1, -0.05) is 12.1 Å². The summed E-state index contributed by atoms with van der Waals surface area (Å²) in [6.45, 7) is -0.396. The molecule has 0 saturated heterocycles. The quantitative estimate of drug-likeness (QED) is 0.734. The number of amides is 3. The molecule has 0 fully saturated rings. The summed E-state index contributed by atoms with van der Waals surface area (Å²) in [6.07, 6.45) is 1.49. The molecule has 0 aliphatic heterocycles. The van der Waals surface area contributed by atoms with Crippen LogP contribution in [0.3, 0.4) is 0 Å². The number of furan rings is 1. The number of methoxy groups -OCH3 is 1. The molecule has 0 aliphatic carbocycles. The highest BCUT2D eigenvalue weighted by atomic mass is 16.5. The molecule has 0 spiro atoms. The van der Waals surface area contributed by atoms with Gasteiger partial charge in [-0.05, 0) is 29.8 Å². The van der Waals surface area contributed by atoms with Crippen LogP contribution >= 0.6 is 0 Å². The molecule has 2 N–H and O–H groups in total. The highest BCUT2D eigenvalue weighted by molar-refractivity contribution is 5.95. The topological polar surface area (TPSA) is 107 Å². The van der Waals surface area contributed by atoms with Gasteiger partial charge in [-0.3, -0.25) is 14.9 Å². The normalized spacial score (nSPS) is 9.96. The Bertz CT molecular complexity index is 709. The van der Waals surface area contributed by atoms with Gasteiger partial charge >= 0.3 is 12.0 Å². The average Bonchev–Trinajstić information content (AvgIpc) is 3.12. The summed E-state index contributed by atoms with van der Waals surface area (Å²) < 4.78 is 14.9. The van der Waals surface area contributed by atoms with Gasteiger partial charge in [0.15, 0.2) is 6.61 Å². The molecule has 0 unspecified atom stereocenters. The van der Waals surface area contributed by atoms with E-state index in [0.29, 0.717) is 11.5 Å². The third kappa shape index (κ3) is 6.38. The van der Waals surface area contributed by atoms with E-state index in [1.165, 1.54) is 6.26 Å². The lowest BCUT2D eigenvalue weighted by molar-refractivity contribution is -0.147. The lowest BCUT2D eigenvalue weighted by atomic mass is 10.1. The second-order valence-electron chi connectivity index (χ2n) is 5.00. The first-order valence-electron chi connectivity index (χ1n) is 7.45. The SMILES string of the molecule is COc1ccc(CC(=O)OCC(=O)NC(=O)NCc2ccco2)cc1. The van der Waals surface area contributed by atoms with E-state index in [1.807, 2.05) is 0 Å². The maximum absolute atomic E-state index is 11.7. The molecule has 3 amide bonds. The molecule has 8 heteroatoms. The summed E-state index contributed by atoms with van der Waals surface area (Å²) in [5.74, 6) is -0.0677.